The fraction of sp³-hybridized carbons (Fsp3) is 0.571. The van der Waals surface area contributed by atoms with E-state index < -0.39 is 12.1 Å². The highest BCUT2D eigenvalue weighted by Crippen LogP contribution is 2.17. The summed E-state index contributed by atoms with van der Waals surface area (Å²) >= 11 is 0. The minimum Gasteiger partial charge on any atom is -0.488 e. The van der Waals surface area contributed by atoms with Crippen molar-refractivity contribution in [2.45, 2.75) is 26.1 Å². The first-order valence-corrected chi connectivity index (χ1v) is 6.56. The fourth-order valence-corrected chi connectivity index (χ4v) is 1.61. The summed E-state index contributed by atoms with van der Waals surface area (Å²) in [5, 5.41) is 18.8. The number of carboxylic acid groups (broad SMARTS) is 1. The Kier molecular flexibility index (Phi) is 7.07. The third-order valence-corrected chi connectivity index (χ3v) is 2.61. The first kappa shape index (κ1) is 17.4. The Morgan fingerprint density at radius 3 is 2.67 bits per heavy atom. The van der Waals surface area contributed by atoms with E-state index in [-0.39, 0.29) is 30.8 Å². The maximum Gasteiger partial charge on any atom is 0.358 e. The number of carboxylic acids is 1. The lowest BCUT2D eigenvalue weighted by Gasteiger charge is -2.17. The van der Waals surface area contributed by atoms with Crippen molar-refractivity contribution >= 4 is 5.97 Å². The predicted octanol–water partition coefficient (Wildman–Crippen LogP) is 0.879. The number of hydrogen-bond acceptors (Lipinski definition) is 6. The normalized spacial score (nSPS) is 13.7. The van der Waals surface area contributed by atoms with Crippen LogP contribution in [0.3, 0.4) is 0 Å². The first-order valence-electron chi connectivity index (χ1n) is 6.56. The van der Waals surface area contributed by atoms with Crippen LogP contribution in [-0.4, -0.2) is 60.3 Å². The molecule has 118 valence electrons. The van der Waals surface area contributed by atoms with Crippen LogP contribution in [0, 0.1) is 6.92 Å². The minimum absolute atomic E-state index is 0.0756. The molecule has 0 fully saturated rings. The molecule has 0 aromatic carbocycles. The van der Waals surface area contributed by atoms with E-state index in [0.717, 1.165) is 0 Å². The molecule has 1 rings (SSSR count). The number of carbonyl (C=O) groups is 1. The van der Waals surface area contributed by atoms with Crippen LogP contribution in [0.15, 0.2) is 12.1 Å². The fourth-order valence-electron chi connectivity index (χ4n) is 1.61. The zero-order valence-electron chi connectivity index (χ0n) is 12.4. The van der Waals surface area contributed by atoms with Gasteiger partial charge < -0.3 is 24.4 Å². The monoisotopic (exact) mass is 299 g/mol. The lowest BCUT2D eigenvalue weighted by molar-refractivity contribution is -0.0424. The summed E-state index contributed by atoms with van der Waals surface area (Å²) in [4.78, 5) is 15.0. The Morgan fingerprint density at radius 1 is 1.33 bits per heavy atom. The minimum atomic E-state index is -1.17. The van der Waals surface area contributed by atoms with Crippen molar-refractivity contribution in [2.24, 2.45) is 0 Å². The van der Waals surface area contributed by atoms with Gasteiger partial charge >= 0.3 is 5.97 Å². The number of aromatic nitrogens is 1. The van der Waals surface area contributed by atoms with Gasteiger partial charge in [-0.05, 0) is 26.0 Å². The van der Waals surface area contributed by atoms with Crippen LogP contribution in [0.2, 0.25) is 0 Å². The molecule has 2 unspecified atom stereocenters. The summed E-state index contributed by atoms with van der Waals surface area (Å²) in [6.45, 7) is 3.94. The number of hydrogen-bond donors (Lipinski definition) is 2. The van der Waals surface area contributed by atoms with Gasteiger partial charge in [0.2, 0.25) is 0 Å². The van der Waals surface area contributed by atoms with E-state index in [1.807, 2.05) is 6.92 Å². The second-order valence-corrected chi connectivity index (χ2v) is 4.67. The maximum absolute atomic E-state index is 11.1. The largest absolute Gasteiger partial charge is 0.488 e. The van der Waals surface area contributed by atoms with E-state index >= 15 is 0 Å². The van der Waals surface area contributed by atoms with E-state index in [0.29, 0.717) is 12.3 Å². The maximum atomic E-state index is 11.1. The van der Waals surface area contributed by atoms with Gasteiger partial charge in [-0.1, -0.05) is 0 Å². The molecule has 2 N–H and O–H groups in total. The van der Waals surface area contributed by atoms with E-state index in [2.05, 4.69) is 4.98 Å². The summed E-state index contributed by atoms with van der Waals surface area (Å²) in [5.41, 5.74) is 0.410. The van der Waals surface area contributed by atoms with Crippen molar-refractivity contribution < 1.29 is 29.2 Å². The summed E-state index contributed by atoms with van der Waals surface area (Å²) < 4.78 is 15.6. The average molecular weight is 299 g/mol. The molecule has 0 radical (unpaired) electrons. The number of aliphatic hydroxyl groups excluding tert-OH is 1. The Balaban J connectivity index is 2.49. The van der Waals surface area contributed by atoms with Crippen molar-refractivity contribution in [3.8, 4) is 5.75 Å². The van der Waals surface area contributed by atoms with Gasteiger partial charge in [0.1, 0.15) is 12.7 Å². The van der Waals surface area contributed by atoms with Crippen LogP contribution in [0.25, 0.3) is 0 Å². The number of ether oxygens (including phenoxy) is 3. The first-order chi connectivity index (χ1) is 9.93. The zero-order chi connectivity index (χ0) is 15.8. The number of aryl methyl sites for hydroxylation is 1. The van der Waals surface area contributed by atoms with Crippen molar-refractivity contribution in [1.29, 1.82) is 0 Å². The van der Waals surface area contributed by atoms with Crippen LogP contribution < -0.4 is 4.74 Å². The highest BCUT2D eigenvalue weighted by atomic mass is 16.5. The third-order valence-electron chi connectivity index (χ3n) is 2.61. The van der Waals surface area contributed by atoms with Gasteiger partial charge in [-0.3, -0.25) is 0 Å². The highest BCUT2D eigenvalue weighted by molar-refractivity contribution is 5.88. The molecule has 21 heavy (non-hydrogen) atoms. The van der Waals surface area contributed by atoms with Crippen molar-refractivity contribution in [2.75, 3.05) is 26.9 Å². The van der Waals surface area contributed by atoms with E-state index in [9.17, 15) is 9.90 Å². The van der Waals surface area contributed by atoms with Crippen LogP contribution >= 0.6 is 0 Å². The Hall–Kier alpha value is -1.70. The van der Waals surface area contributed by atoms with Gasteiger partial charge in [-0.2, -0.15) is 0 Å². The predicted molar refractivity (Wildman–Crippen MR) is 74.7 cm³/mol. The lowest BCUT2D eigenvalue weighted by atomic mass is 10.3. The van der Waals surface area contributed by atoms with Crippen LogP contribution in [0.5, 0.6) is 5.75 Å². The summed E-state index contributed by atoms with van der Waals surface area (Å²) in [7, 11) is 1.57. The van der Waals surface area contributed by atoms with Crippen molar-refractivity contribution in [3.63, 3.8) is 0 Å². The Morgan fingerprint density at radius 2 is 2.05 bits per heavy atom. The molecule has 7 nitrogen and oxygen atoms in total. The Labute approximate surface area is 123 Å². The molecule has 0 saturated carbocycles. The number of nitrogens with zero attached hydrogens (tertiary/aromatic N) is 1. The van der Waals surface area contributed by atoms with Gasteiger partial charge in [-0.15, -0.1) is 0 Å². The van der Waals surface area contributed by atoms with Crippen LogP contribution in [-0.2, 0) is 9.47 Å². The smallest absolute Gasteiger partial charge is 0.358 e. The molecule has 0 saturated heterocycles. The number of methoxy groups -OCH3 is 1. The molecule has 1 heterocycles. The zero-order valence-corrected chi connectivity index (χ0v) is 12.4. The van der Waals surface area contributed by atoms with E-state index in [4.69, 9.17) is 19.3 Å². The summed E-state index contributed by atoms with van der Waals surface area (Å²) in [6, 6.07) is 3.16. The molecule has 0 aliphatic carbocycles. The quantitative estimate of drug-likeness (QED) is 0.698. The van der Waals surface area contributed by atoms with Gasteiger partial charge in [0, 0.05) is 12.8 Å². The molecule has 0 aliphatic rings. The molecule has 0 bridgehead atoms. The lowest BCUT2D eigenvalue weighted by Crippen LogP contribution is -2.27. The van der Waals surface area contributed by atoms with E-state index in [1.165, 1.54) is 6.07 Å². The van der Waals surface area contributed by atoms with E-state index in [1.54, 1.807) is 20.1 Å². The molecule has 7 heteroatoms. The molecule has 0 aliphatic heterocycles. The second-order valence-electron chi connectivity index (χ2n) is 4.67. The molecule has 1 aromatic rings. The molecular weight excluding hydrogens is 278 g/mol. The molecular formula is C14H21NO6. The van der Waals surface area contributed by atoms with Gasteiger partial charge in [0.25, 0.3) is 0 Å². The standard InChI is InChI=1S/C14H21NO6/c1-9-4-5-12(13(15-9)14(17)18)21-8-11(16)7-20-10(2)6-19-3/h4-5,10-11,16H,6-8H2,1-3H3,(H,17,18). The number of pyridine rings is 1. The number of aromatic carboxylic acids is 1. The third kappa shape index (κ3) is 6.07. The average Bonchev–Trinajstić information content (AvgIpc) is 2.44. The summed E-state index contributed by atoms with van der Waals surface area (Å²) in [5.74, 6) is -1.05. The van der Waals surface area contributed by atoms with Gasteiger partial charge in [-0.25, -0.2) is 9.78 Å². The van der Waals surface area contributed by atoms with Crippen molar-refractivity contribution in [3.05, 3.63) is 23.5 Å². The van der Waals surface area contributed by atoms with Crippen LogP contribution in [0.4, 0.5) is 0 Å². The summed E-state index contributed by atoms with van der Waals surface area (Å²) in [6.07, 6.45) is -1.01. The SMILES string of the molecule is COCC(C)OCC(O)COc1ccc(C)nc1C(=O)O. The molecule has 1 aromatic heterocycles. The molecule has 2 atom stereocenters. The highest BCUT2D eigenvalue weighted by Gasteiger charge is 2.15. The molecule has 0 spiro atoms. The van der Waals surface area contributed by atoms with Crippen LogP contribution in [0.1, 0.15) is 23.1 Å². The Bertz CT molecular complexity index is 465. The van der Waals surface area contributed by atoms with Gasteiger partial charge in [0.05, 0.1) is 19.3 Å². The van der Waals surface area contributed by atoms with Gasteiger partial charge in [0.15, 0.2) is 11.4 Å². The topological polar surface area (TPSA) is 98.1 Å². The number of aliphatic hydroxyl groups is 1. The number of rotatable bonds is 9. The molecule has 0 amide bonds. The van der Waals surface area contributed by atoms with Crippen molar-refractivity contribution in [1.82, 2.24) is 4.98 Å². The second kappa shape index (κ2) is 8.56.